The number of rotatable bonds is 3. The van der Waals surface area contributed by atoms with Crippen molar-refractivity contribution in [3.63, 3.8) is 0 Å². The molecule has 0 N–H and O–H groups in total. The zero-order chi connectivity index (χ0) is 6.62. The van der Waals surface area contributed by atoms with Crippen molar-refractivity contribution in [2.24, 2.45) is 0 Å². The smallest absolute Gasteiger partial charge is 0.179 e. The van der Waals surface area contributed by atoms with E-state index in [1.165, 1.54) is 6.08 Å². The summed E-state index contributed by atoms with van der Waals surface area (Å²) in [5.74, 6) is 0.986. The number of hydrogen-bond donors (Lipinski definition) is 0. The summed E-state index contributed by atoms with van der Waals surface area (Å²) in [5, 5.41) is 0.870. The van der Waals surface area contributed by atoms with E-state index < -0.39 is 9.84 Å². The monoisotopic (exact) mass is 131 g/mol. The van der Waals surface area contributed by atoms with E-state index in [0.29, 0.717) is 0 Å². The van der Waals surface area contributed by atoms with Crippen molar-refractivity contribution in [3.8, 4) is 0 Å². The predicted octanol–water partition coefficient (Wildman–Crippen LogP) is 0.892. The van der Waals surface area contributed by atoms with Crippen molar-refractivity contribution in [3.05, 3.63) is 30.4 Å². The first-order valence-corrected chi connectivity index (χ1v) is 3.56. The molecule has 0 aliphatic carbocycles. The molecule has 45 valence electrons. The van der Waals surface area contributed by atoms with Gasteiger partial charge in [-0.2, -0.15) is 0 Å². The fourth-order valence-electron chi connectivity index (χ4n) is 0.190. The predicted molar refractivity (Wildman–Crippen MR) is 33.6 cm³/mol. The highest BCUT2D eigenvalue weighted by Crippen LogP contribution is 1.94. The van der Waals surface area contributed by atoms with Crippen molar-refractivity contribution in [1.82, 2.24) is 0 Å². The highest BCUT2D eigenvalue weighted by molar-refractivity contribution is 7.96. The van der Waals surface area contributed by atoms with Crippen LogP contribution in [0.15, 0.2) is 24.6 Å². The quantitative estimate of drug-likeness (QED) is 0.570. The van der Waals surface area contributed by atoms with E-state index in [1.54, 1.807) is 0 Å². The summed E-state index contributed by atoms with van der Waals surface area (Å²) < 4.78 is 20.7. The first-order chi connectivity index (χ1) is 3.62. The minimum Gasteiger partial charge on any atom is -0.224 e. The van der Waals surface area contributed by atoms with Gasteiger partial charge >= 0.3 is 0 Å². The van der Waals surface area contributed by atoms with Gasteiger partial charge in [-0.25, -0.2) is 8.42 Å². The van der Waals surface area contributed by atoms with Gasteiger partial charge in [0.05, 0.1) is 0 Å². The lowest BCUT2D eigenvalue weighted by molar-refractivity contribution is 0.611. The largest absolute Gasteiger partial charge is 0.224 e. The lowest BCUT2D eigenvalue weighted by Crippen LogP contribution is -1.90. The molecule has 0 bridgehead atoms. The fraction of sp³-hybridized carbons (Fsp3) is 0. The molecule has 0 aromatic heterocycles. The maximum Gasteiger partial charge on any atom is 0.179 e. The maximum absolute atomic E-state index is 10.4. The van der Waals surface area contributed by atoms with Crippen molar-refractivity contribution >= 4 is 9.84 Å². The summed E-state index contributed by atoms with van der Waals surface area (Å²) in [6.07, 6.45) is 1.21. The van der Waals surface area contributed by atoms with Gasteiger partial charge in [-0.3, -0.25) is 0 Å². The fourth-order valence-corrected chi connectivity index (χ4v) is 0.569. The van der Waals surface area contributed by atoms with Gasteiger partial charge in [-0.05, 0) is 0 Å². The Bertz CT molecular complexity index is 177. The summed E-state index contributed by atoms with van der Waals surface area (Å²) in [6.45, 7) is 6.30. The average Bonchev–Trinajstić information content (AvgIpc) is 1.67. The van der Waals surface area contributed by atoms with Crippen LogP contribution in [0.4, 0.5) is 0 Å². The van der Waals surface area contributed by atoms with Crippen molar-refractivity contribution < 1.29 is 8.42 Å². The molecule has 0 heterocycles. The van der Waals surface area contributed by atoms with Gasteiger partial charge in [0.1, 0.15) is 5.75 Å². The van der Waals surface area contributed by atoms with Crippen LogP contribution in [0.25, 0.3) is 0 Å². The molecular formula is C5H7O2S. The molecule has 0 unspecified atom stereocenters. The third kappa shape index (κ3) is 2.58. The molecule has 0 atom stereocenters. The molecule has 8 heavy (non-hydrogen) atoms. The minimum atomic E-state index is -3.15. The Morgan fingerprint density at radius 3 is 1.88 bits per heavy atom. The second kappa shape index (κ2) is 2.67. The zero-order valence-corrected chi connectivity index (χ0v) is 5.19. The maximum atomic E-state index is 10.4. The Balaban J connectivity index is 4.15. The van der Waals surface area contributed by atoms with Crippen LogP contribution in [0.2, 0.25) is 0 Å². The second-order valence-corrected chi connectivity index (χ2v) is 2.91. The lowest BCUT2D eigenvalue weighted by Gasteiger charge is -1.85. The van der Waals surface area contributed by atoms with E-state index in [4.69, 9.17) is 0 Å². The molecule has 0 aromatic carbocycles. The molecule has 3 heteroatoms. The molecular weight excluding hydrogens is 124 g/mol. The van der Waals surface area contributed by atoms with E-state index >= 15 is 0 Å². The van der Waals surface area contributed by atoms with Crippen molar-refractivity contribution in [2.45, 2.75) is 0 Å². The van der Waals surface area contributed by atoms with Gasteiger partial charge in [0.25, 0.3) is 0 Å². The first kappa shape index (κ1) is 7.43. The first-order valence-electron chi connectivity index (χ1n) is 1.95. The summed E-state index contributed by atoms with van der Waals surface area (Å²) in [7, 11) is -3.15. The SMILES string of the molecule is C=C[CH]S(=O)(=O)C=C. The van der Waals surface area contributed by atoms with Gasteiger partial charge in [0, 0.05) is 5.41 Å². The van der Waals surface area contributed by atoms with Crippen LogP contribution >= 0.6 is 0 Å². The van der Waals surface area contributed by atoms with E-state index in [9.17, 15) is 8.42 Å². The normalized spacial score (nSPS) is 10.5. The van der Waals surface area contributed by atoms with E-state index in [1.807, 2.05) is 0 Å². The Hall–Kier alpha value is -0.570. The molecule has 0 rings (SSSR count). The Morgan fingerprint density at radius 2 is 1.75 bits per heavy atom. The number of sulfone groups is 1. The second-order valence-electron chi connectivity index (χ2n) is 1.13. The molecule has 0 amide bonds. The summed E-state index contributed by atoms with van der Waals surface area (Å²) in [5.41, 5.74) is 0. The molecule has 2 nitrogen and oxygen atoms in total. The van der Waals surface area contributed by atoms with Crippen molar-refractivity contribution in [1.29, 1.82) is 0 Å². The van der Waals surface area contributed by atoms with Crippen LogP contribution in [0.1, 0.15) is 0 Å². The molecule has 0 spiro atoms. The molecule has 0 aliphatic rings. The zero-order valence-electron chi connectivity index (χ0n) is 4.37. The van der Waals surface area contributed by atoms with Gasteiger partial charge in [0.15, 0.2) is 9.84 Å². The van der Waals surface area contributed by atoms with Gasteiger partial charge in [-0.1, -0.05) is 12.7 Å². The highest BCUT2D eigenvalue weighted by atomic mass is 32.2. The Morgan fingerprint density at radius 1 is 1.25 bits per heavy atom. The van der Waals surface area contributed by atoms with Crippen LogP contribution in [0, 0.1) is 5.75 Å². The average molecular weight is 131 g/mol. The van der Waals surface area contributed by atoms with E-state index in [0.717, 1.165) is 11.2 Å². The van der Waals surface area contributed by atoms with Crippen LogP contribution in [0.5, 0.6) is 0 Å². The molecule has 0 saturated carbocycles. The summed E-state index contributed by atoms with van der Waals surface area (Å²) in [4.78, 5) is 0. The molecule has 0 aromatic rings. The van der Waals surface area contributed by atoms with Gasteiger partial charge < -0.3 is 0 Å². The lowest BCUT2D eigenvalue weighted by atomic mass is 10.8. The summed E-state index contributed by atoms with van der Waals surface area (Å²) in [6, 6.07) is 0. The summed E-state index contributed by atoms with van der Waals surface area (Å²) >= 11 is 0. The van der Waals surface area contributed by atoms with E-state index in [-0.39, 0.29) is 0 Å². The Labute approximate surface area is 49.4 Å². The minimum absolute atomic E-state index is 0.870. The van der Waals surface area contributed by atoms with Crippen LogP contribution < -0.4 is 0 Å². The molecule has 0 aliphatic heterocycles. The molecule has 1 radical (unpaired) electrons. The van der Waals surface area contributed by atoms with Gasteiger partial charge in [0.2, 0.25) is 0 Å². The third-order valence-corrected chi connectivity index (χ3v) is 1.55. The number of hydrogen-bond acceptors (Lipinski definition) is 2. The topological polar surface area (TPSA) is 34.1 Å². The standard InChI is InChI=1S/C5H7O2S/c1-3-5-8(6,7)4-2/h3-5H,1-2H2. The molecule has 0 fully saturated rings. The third-order valence-electron chi connectivity index (χ3n) is 0.518. The van der Waals surface area contributed by atoms with Crippen LogP contribution in [0.3, 0.4) is 0 Å². The van der Waals surface area contributed by atoms with E-state index in [2.05, 4.69) is 13.2 Å². The van der Waals surface area contributed by atoms with Gasteiger partial charge in [-0.15, -0.1) is 6.58 Å². The Kier molecular flexibility index (Phi) is 2.48. The van der Waals surface area contributed by atoms with Crippen molar-refractivity contribution in [2.75, 3.05) is 0 Å². The van der Waals surface area contributed by atoms with Crippen LogP contribution in [-0.4, -0.2) is 8.42 Å². The van der Waals surface area contributed by atoms with Crippen LogP contribution in [-0.2, 0) is 9.84 Å². The molecule has 0 saturated heterocycles. The highest BCUT2D eigenvalue weighted by Gasteiger charge is 1.98.